The number of aryl methyl sites for hydroxylation is 1. The zero-order chi connectivity index (χ0) is 18.8. The molecule has 0 unspecified atom stereocenters. The molecule has 3 heterocycles. The van der Waals surface area contributed by atoms with Gasteiger partial charge in [0.15, 0.2) is 10.8 Å². The van der Waals surface area contributed by atoms with Crippen molar-refractivity contribution in [3.05, 3.63) is 70.6 Å². The van der Waals surface area contributed by atoms with Crippen LogP contribution in [0.5, 0.6) is 0 Å². The summed E-state index contributed by atoms with van der Waals surface area (Å²) in [5.41, 5.74) is 3.98. The lowest BCUT2D eigenvalue weighted by Gasteiger charge is -2.05. The Balaban J connectivity index is 1.44. The molecule has 1 aromatic carbocycles. The molecule has 0 aliphatic heterocycles. The van der Waals surface area contributed by atoms with Crippen molar-refractivity contribution in [2.45, 2.75) is 20.3 Å². The fraction of sp³-hybridized carbons (Fsp3) is 0.200. The summed E-state index contributed by atoms with van der Waals surface area (Å²) in [5, 5.41) is 8.06. The van der Waals surface area contributed by atoms with E-state index in [2.05, 4.69) is 20.4 Å². The molecule has 0 radical (unpaired) electrons. The Bertz CT molecular complexity index is 1070. The van der Waals surface area contributed by atoms with E-state index in [-0.39, 0.29) is 5.91 Å². The summed E-state index contributed by atoms with van der Waals surface area (Å²) in [4.78, 5) is 21.2. The van der Waals surface area contributed by atoms with Crippen LogP contribution in [0.3, 0.4) is 0 Å². The van der Waals surface area contributed by atoms with E-state index in [0.29, 0.717) is 18.0 Å². The first-order valence-corrected chi connectivity index (χ1v) is 9.55. The first kappa shape index (κ1) is 17.4. The van der Waals surface area contributed by atoms with E-state index in [1.165, 1.54) is 11.3 Å². The quantitative estimate of drug-likeness (QED) is 0.578. The van der Waals surface area contributed by atoms with Crippen LogP contribution in [0.15, 0.2) is 48.7 Å². The molecular formula is C20H19N5OS. The minimum atomic E-state index is -0.136. The standard InChI is InChI=1S/C20H19N5OS/c1-13-15(14(2)25(24-13)18-9-5-6-11-21-18)10-12-22-19(26)20-23-16-7-3-4-8-17(16)27-20/h3-9,11H,10,12H2,1-2H3,(H,22,26). The number of carbonyl (C=O) groups excluding carboxylic acids is 1. The van der Waals surface area contributed by atoms with Gasteiger partial charge in [0.05, 0.1) is 15.9 Å². The molecule has 4 aromatic rings. The van der Waals surface area contributed by atoms with Crippen LogP contribution in [0.25, 0.3) is 16.0 Å². The zero-order valence-electron chi connectivity index (χ0n) is 15.1. The SMILES string of the molecule is Cc1nn(-c2ccccn2)c(C)c1CCNC(=O)c1nc2ccccc2s1. The number of benzene rings is 1. The Labute approximate surface area is 160 Å². The van der Waals surface area contributed by atoms with Crippen LogP contribution in [-0.2, 0) is 6.42 Å². The molecule has 0 aliphatic carbocycles. The highest BCUT2D eigenvalue weighted by molar-refractivity contribution is 7.20. The van der Waals surface area contributed by atoms with Crippen molar-refractivity contribution in [1.82, 2.24) is 25.1 Å². The van der Waals surface area contributed by atoms with Gasteiger partial charge >= 0.3 is 0 Å². The molecule has 7 heteroatoms. The van der Waals surface area contributed by atoms with Gasteiger partial charge in [0.25, 0.3) is 5.91 Å². The van der Waals surface area contributed by atoms with Crippen LogP contribution in [-0.4, -0.2) is 32.2 Å². The number of carbonyl (C=O) groups is 1. The van der Waals surface area contributed by atoms with Gasteiger partial charge < -0.3 is 5.32 Å². The molecular weight excluding hydrogens is 358 g/mol. The van der Waals surface area contributed by atoms with Gasteiger partial charge in [0.2, 0.25) is 0 Å². The molecule has 0 saturated heterocycles. The predicted octanol–water partition coefficient (Wildman–Crippen LogP) is 3.47. The summed E-state index contributed by atoms with van der Waals surface area (Å²) < 4.78 is 2.87. The highest BCUT2D eigenvalue weighted by Gasteiger charge is 2.15. The Morgan fingerprint density at radius 2 is 1.96 bits per heavy atom. The first-order chi connectivity index (χ1) is 13.1. The van der Waals surface area contributed by atoms with Gasteiger partial charge in [-0.15, -0.1) is 11.3 Å². The Kier molecular flexibility index (Phi) is 4.68. The third-order valence-corrected chi connectivity index (χ3v) is 5.49. The van der Waals surface area contributed by atoms with E-state index in [1.54, 1.807) is 6.20 Å². The van der Waals surface area contributed by atoms with E-state index in [1.807, 2.05) is 61.0 Å². The topological polar surface area (TPSA) is 72.7 Å². The zero-order valence-corrected chi connectivity index (χ0v) is 16.0. The number of pyridine rings is 1. The maximum absolute atomic E-state index is 12.4. The third-order valence-electron chi connectivity index (χ3n) is 4.46. The number of thiazole rings is 1. The minimum Gasteiger partial charge on any atom is -0.350 e. The van der Waals surface area contributed by atoms with E-state index < -0.39 is 0 Å². The van der Waals surface area contributed by atoms with E-state index in [4.69, 9.17) is 0 Å². The summed E-state index contributed by atoms with van der Waals surface area (Å²) in [7, 11) is 0. The summed E-state index contributed by atoms with van der Waals surface area (Å²) >= 11 is 1.41. The first-order valence-electron chi connectivity index (χ1n) is 8.74. The molecule has 4 rings (SSSR count). The van der Waals surface area contributed by atoms with Crippen LogP contribution >= 0.6 is 11.3 Å². The van der Waals surface area contributed by atoms with Gasteiger partial charge in [0, 0.05) is 18.4 Å². The van der Waals surface area contributed by atoms with Gasteiger partial charge in [-0.3, -0.25) is 4.79 Å². The summed E-state index contributed by atoms with van der Waals surface area (Å²) in [5.74, 6) is 0.659. The van der Waals surface area contributed by atoms with Crippen molar-refractivity contribution >= 4 is 27.5 Å². The van der Waals surface area contributed by atoms with Crippen LogP contribution < -0.4 is 5.32 Å². The molecule has 0 atom stereocenters. The van der Waals surface area contributed by atoms with Crippen molar-refractivity contribution in [1.29, 1.82) is 0 Å². The van der Waals surface area contributed by atoms with Crippen LogP contribution in [0, 0.1) is 13.8 Å². The largest absolute Gasteiger partial charge is 0.350 e. The minimum absolute atomic E-state index is 0.136. The van der Waals surface area contributed by atoms with Crippen molar-refractivity contribution in [2.24, 2.45) is 0 Å². The second-order valence-electron chi connectivity index (χ2n) is 6.24. The lowest BCUT2D eigenvalue weighted by molar-refractivity contribution is 0.0954. The summed E-state index contributed by atoms with van der Waals surface area (Å²) in [6.45, 7) is 4.54. The number of aromatic nitrogens is 4. The fourth-order valence-corrected chi connectivity index (χ4v) is 3.97. The van der Waals surface area contributed by atoms with Crippen LogP contribution in [0.2, 0.25) is 0 Å². The van der Waals surface area contributed by atoms with Gasteiger partial charge in [-0.05, 0) is 50.1 Å². The molecule has 0 saturated carbocycles. The number of para-hydroxylation sites is 1. The van der Waals surface area contributed by atoms with Gasteiger partial charge in [-0.1, -0.05) is 18.2 Å². The summed E-state index contributed by atoms with van der Waals surface area (Å²) in [6, 6.07) is 13.5. The molecule has 1 amide bonds. The van der Waals surface area contributed by atoms with Crippen LogP contribution in [0.1, 0.15) is 26.8 Å². The average molecular weight is 377 g/mol. The van der Waals surface area contributed by atoms with Crippen molar-refractivity contribution in [2.75, 3.05) is 6.54 Å². The molecule has 0 aliphatic rings. The Hall–Kier alpha value is -3.06. The molecule has 27 heavy (non-hydrogen) atoms. The lowest BCUT2D eigenvalue weighted by atomic mass is 10.1. The normalized spacial score (nSPS) is 11.0. The number of hydrogen-bond donors (Lipinski definition) is 1. The molecule has 0 spiro atoms. The van der Waals surface area contributed by atoms with Gasteiger partial charge in [0.1, 0.15) is 0 Å². The highest BCUT2D eigenvalue weighted by Crippen LogP contribution is 2.21. The Morgan fingerprint density at radius 3 is 2.74 bits per heavy atom. The maximum atomic E-state index is 12.4. The lowest BCUT2D eigenvalue weighted by Crippen LogP contribution is -2.25. The number of nitrogens with zero attached hydrogens (tertiary/aromatic N) is 4. The molecule has 0 bridgehead atoms. The van der Waals surface area contributed by atoms with E-state index >= 15 is 0 Å². The van der Waals surface area contributed by atoms with Crippen LogP contribution in [0.4, 0.5) is 0 Å². The van der Waals surface area contributed by atoms with Crippen molar-refractivity contribution in [3.8, 4) is 5.82 Å². The van der Waals surface area contributed by atoms with Crippen molar-refractivity contribution in [3.63, 3.8) is 0 Å². The van der Waals surface area contributed by atoms with E-state index in [9.17, 15) is 4.79 Å². The third kappa shape index (κ3) is 3.46. The fourth-order valence-electron chi connectivity index (χ4n) is 3.08. The predicted molar refractivity (Wildman–Crippen MR) is 106 cm³/mol. The molecule has 6 nitrogen and oxygen atoms in total. The van der Waals surface area contributed by atoms with Gasteiger partial charge in [-0.25, -0.2) is 14.6 Å². The highest BCUT2D eigenvalue weighted by atomic mass is 32.1. The number of fused-ring (bicyclic) bond motifs is 1. The smallest absolute Gasteiger partial charge is 0.280 e. The second-order valence-corrected chi connectivity index (χ2v) is 7.27. The Morgan fingerprint density at radius 1 is 1.15 bits per heavy atom. The van der Waals surface area contributed by atoms with Crippen molar-refractivity contribution < 1.29 is 4.79 Å². The number of nitrogens with one attached hydrogen (secondary N) is 1. The number of amides is 1. The monoisotopic (exact) mass is 377 g/mol. The summed E-state index contributed by atoms with van der Waals surface area (Å²) in [6.07, 6.45) is 2.46. The second kappa shape index (κ2) is 7.28. The molecule has 0 fully saturated rings. The maximum Gasteiger partial charge on any atom is 0.280 e. The van der Waals surface area contributed by atoms with E-state index in [0.717, 1.165) is 33.0 Å². The molecule has 3 aromatic heterocycles. The number of rotatable bonds is 5. The average Bonchev–Trinajstić information content (AvgIpc) is 3.24. The molecule has 136 valence electrons. The van der Waals surface area contributed by atoms with Gasteiger partial charge in [-0.2, -0.15) is 5.10 Å². The molecule has 1 N–H and O–H groups in total. The number of hydrogen-bond acceptors (Lipinski definition) is 5.